The number of ether oxygens (including phenoxy) is 1. The van der Waals surface area contributed by atoms with Gasteiger partial charge in [-0.05, 0) is 50.1 Å². The smallest absolute Gasteiger partial charge is 0.347 e. The van der Waals surface area contributed by atoms with Gasteiger partial charge in [-0.3, -0.25) is 0 Å². The van der Waals surface area contributed by atoms with Crippen LogP contribution in [-0.2, 0) is 11.3 Å². The van der Waals surface area contributed by atoms with Crippen molar-refractivity contribution >= 4 is 23.1 Å². The summed E-state index contributed by atoms with van der Waals surface area (Å²) < 4.78 is 11.6. The molecule has 1 heterocycles. The summed E-state index contributed by atoms with van der Waals surface area (Å²) in [6.07, 6.45) is 4.65. The number of nitrogens with zero attached hydrogens (tertiary/aromatic N) is 2. The van der Waals surface area contributed by atoms with E-state index in [9.17, 15) is 9.90 Å². The molecular formula is C24H30N2O4. The molecule has 0 bridgehead atoms. The van der Waals surface area contributed by atoms with Crippen molar-refractivity contribution in [3.05, 3.63) is 54.1 Å². The van der Waals surface area contributed by atoms with Crippen molar-refractivity contribution in [2.24, 2.45) is 0 Å². The first-order valence-corrected chi connectivity index (χ1v) is 10.5. The molecule has 1 aromatic heterocycles. The quantitative estimate of drug-likeness (QED) is 0.411. The molecule has 0 radical (unpaired) electrons. The maximum Gasteiger partial charge on any atom is 0.347 e. The van der Waals surface area contributed by atoms with Crippen LogP contribution < -0.4 is 9.64 Å². The number of benzene rings is 2. The molecule has 0 spiro atoms. The van der Waals surface area contributed by atoms with E-state index in [4.69, 9.17) is 9.15 Å². The number of anilines is 1. The van der Waals surface area contributed by atoms with Crippen molar-refractivity contribution in [3.8, 4) is 5.75 Å². The van der Waals surface area contributed by atoms with Crippen LogP contribution in [0.5, 0.6) is 5.75 Å². The van der Waals surface area contributed by atoms with Crippen LogP contribution in [0.3, 0.4) is 0 Å². The molecule has 6 nitrogen and oxygen atoms in total. The van der Waals surface area contributed by atoms with Gasteiger partial charge in [-0.25, -0.2) is 4.79 Å². The average molecular weight is 411 g/mol. The van der Waals surface area contributed by atoms with Gasteiger partial charge in [0, 0.05) is 13.1 Å². The molecule has 0 saturated carbocycles. The van der Waals surface area contributed by atoms with E-state index in [1.54, 1.807) is 12.1 Å². The van der Waals surface area contributed by atoms with Crippen LogP contribution in [0, 0.1) is 0 Å². The lowest BCUT2D eigenvalue weighted by molar-refractivity contribution is -0.152. The third-order valence-corrected chi connectivity index (χ3v) is 5.02. The summed E-state index contributed by atoms with van der Waals surface area (Å²) in [7, 11) is 0. The Morgan fingerprint density at radius 3 is 2.50 bits per heavy atom. The van der Waals surface area contributed by atoms with Crippen LogP contribution >= 0.6 is 0 Å². The lowest BCUT2D eigenvalue weighted by Crippen LogP contribution is -2.37. The van der Waals surface area contributed by atoms with E-state index in [0.717, 1.165) is 29.6 Å². The number of para-hydroxylation sites is 2. The van der Waals surface area contributed by atoms with Gasteiger partial charge in [0.2, 0.25) is 0 Å². The van der Waals surface area contributed by atoms with E-state index in [-0.39, 0.29) is 0 Å². The highest BCUT2D eigenvalue weighted by Gasteiger charge is 2.29. The number of rotatable bonds is 11. The van der Waals surface area contributed by atoms with E-state index in [1.165, 1.54) is 33.1 Å². The molecule has 160 valence electrons. The van der Waals surface area contributed by atoms with Gasteiger partial charge in [0.05, 0.1) is 0 Å². The molecule has 30 heavy (non-hydrogen) atoms. The first-order chi connectivity index (χ1) is 14.4. The fraction of sp³-hybridized carbons (Fsp3) is 0.417. The van der Waals surface area contributed by atoms with Gasteiger partial charge in [0.15, 0.2) is 11.2 Å². The second-order valence-electron chi connectivity index (χ2n) is 8.01. The number of carboxylic acids is 1. The van der Waals surface area contributed by atoms with Crippen molar-refractivity contribution in [3.63, 3.8) is 0 Å². The van der Waals surface area contributed by atoms with Gasteiger partial charge in [-0.15, -0.1) is 0 Å². The maximum absolute atomic E-state index is 11.3. The zero-order chi connectivity index (χ0) is 21.6. The van der Waals surface area contributed by atoms with Crippen LogP contribution in [0.1, 0.15) is 52.0 Å². The molecule has 3 rings (SSSR count). The molecule has 1 N–H and O–H groups in total. The molecule has 2 aromatic carbocycles. The molecule has 6 heteroatoms. The van der Waals surface area contributed by atoms with Crippen LogP contribution in [0.4, 0.5) is 6.01 Å². The normalized spacial score (nSPS) is 11.6. The number of hydrogen-bond donors (Lipinski definition) is 1. The minimum Gasteiger partial charge on any atom is -0.478 e. The third kappa shape index (κ3) is 5.53. The van der Waals surface area contributed by atoms with Crippen molar-refractivity contribution in [2.75, 3.05) is 11.4 Å². The van der Waals surface area contributed by atoms with Gasteiger partial charge in [-0.2, -0.15) is 4.98 Å². The number of hydrogen-bond acceptors (Lipinski definition) is 5. The highest BCUT2D eigenvalue weighted by atomic mass is 16.5. The third-order valence-electron chi connectivity index (χ3n) is 5.02. The van der Waals surface area contributed by atoms with Crippen molar-refractivity contribution in [1.29, 1.82) is 0 Å². The summed E-state index contributed by atoms with van der Waals surface area (Å²) in [4.78, 5) is 18.1. The van der Waals surface area contributed by atoms with Crippen LogP contribution in [-0.4, -0.2) is 28.2 Å². The zero-order valence-corrected chi connectivity index (χ0v) is 17.9. The Balaban J connectivity index is 1.74. The summed E-state index contributed by atoms with van der Waals surface area (Å²) >= 11 is 0. The monoisotopic (exact) mass is 410 g/mol. The largest absolute Gasteiger partial charge is 0.478 e. The Labute approximate surface area is 177 Å². The molecule has 0 saturated heterocycles. The van der Waals surface area contributed by atoms with E-state index < -0.39 is 11.6 Å². The first-order valence-electron chi connectivity index (χ1n) is 10.5. The number of unbranched alkanes of at least 4 members (excludes halogenated alkanes) is 3. The molecular weight excluding hydrogens is 380 g/mol. The molecule has 0 aliphatic heterocycles. The molecule has 0 amide bonds. The fourth-order valence-electron chi connectivity index (χ4n) is 3.19. The number of carboxylic acid groups (broad SMARTS) is 1. The summed E-state index contributed by atoms with van der Waals surface area (Å²) in [6, 6.07) is 15.9. The fourth-order valence-corrected chi connectivity index (χ4v) is 3.19. The molecule has 3 aromatic rings. The van der Waals surface area contributed by atoms with Gasteiger partial charge < -0.3 is 19.2 Å². The van der Waals surface area contributed by atoms with E-state index in [1.807, 2.05) is 36.4 Å². The highest BCUT2D eigenvalue weighted by Crippen LogP contribution is 2.25. The molecule has 0 atom stereocenters. The zero-order valence-electron chi connectivity index (χ0n) is 17.9. The minimum atomic E-state index is -1.27. The molecule has 0 unspecified atom stereocenters. The topological polar surface area (TPSA) is 75.8 Å². The van der Waals surface area contributed by atoms with E-state index in [2.05, 4.69) is 16.8 Å². The second-order valence-corrected chi connectivity index (χ2v) is 8.01. The standard InChI is InChI=1S/C24H30N2O4/c1-4-5-6-9-16-26(23-25-20-10-7-8-11-21(20)29-23)17-18-12-14-19(15-13-18)30-24(2,3)22(27)28/h7-8,10-15H,4-6,9,16-17H2,1-3H3,(H,27,28). The predicted octanol–water partition coefficient (Wildman–Crippen LogP) is 5.66. The molecule has 0 fully saturated rings. The van der Waals surface area contributed by atoms with Crippen LogP contribution in [0.15, 0.2) is 52.9 Å². The Bertz CT molecular complexity index is 930. The van der Waals surface area contributed by atoms with E-state index in [0.29, 0.717) is 18.3 Å². The Morgan fingerprint density at radius 2 is 1.83 bits per heavy atom. The number of aromatic nitrogens is 1. The van der Waals surface area contributed by atoms with Gasteiger partial charge in [0.1, 0.15) is 11.3 Å². The number of oxazole rings is 1. The van der Waals surface area contributed by atoms with Gasteiger partial charge in [0.25, 0.3) is 6.01 Å². The van der Waals surface area contributed by atoms with Gasteiger partial charge >= 0.3 is 5.97 Å². The number of aliphatic carboxylic acids is 1. The number of carbonyl (C=O) groups is 1. The number of fused-ring (bicyclic) bond motifs is 1. The summed E-state index contributed by atoms with van der Waals surface area (Å²) in [5.74, 6) is -0.469. The van der Waals surface area contributed by atoms with Crippen molar-refractivity contribution in [1.82, 2.24) is 4.98 Å². The van der Waals surface area contributed by atoms with Crippen LogP contribution in [0.25, 0.3) is 11.1 Å². The minimum absolute atomic E-state index is 0.530. The lowest BCUT2D eigenvalue weighted by Gasteiger charge is -2.23. The molecule has 0 aliphatic carbocycles. The lowest BCUT2D eigenvalue weighted by atomic mass is 10.1. The summed E-state index contributed by atoms with van der Waals surface area (Å²) in [5.41, 5.74) is 1.44. The highest BCUT2D eigenvalue weighted by molar-refractivity contribution is 5.76. The maximum atomic E-state index is 11.3. The van der Waals surface area contributed by atoms with Crippen molar-refractivity contribution < 1.29 is 19.1 Å². The van der Waals surface area contributed by atoms with Crippen molar-refractivity contribution in [2.45, 2.75) is 58.6 Å². The predicted molar refractivity (Wildman–Crippen MR) is 118 cm³/mol. The first kappa shape index (κ1) is 21.7. The molecule has 0 aliphatic rings. The van der Waals surface area contributed by atoms with Gasteiger partial charge in [-0.1, -0.05) is 50.5 Å². The SMILES string of the molecule is CCCCCCN(Cc1ccc(OC(C)(C)C(=O)O)cc1)c1nc2ccccc2o1. The summed E-state index contributed by atoms with van der Waals surface area (Å²) in [5, 5.41) is 9.23. The van der Waals surface area contributed by atoms with E-state index >= 15 is 0 Å². The van der Waals surface area contributed by atoms with Crippen LogP contribution in [0.2, 0.25) is 0 Å². The Morgan fingerprint density at radius 1 is 1.10 bits per heavy atom. The average Bonchev–Trinajstić information content (AvgIpc) is 3.15. The summed E-state index contributed by atoms with van der Waals surface area (Å²) in [6.45, 7) is 6.79. The second kappa shape index (κ2) is 9.65. The Hall–Kier alpha value is -3.02. The Kier molecular flexibility index (Phi) is 6.98.